The third kappa shape index (κ3) is 18.4. The van der Waals surface area contributed by atoms with Gasteiger partial charge < -0.3 is 4.74 Å². The Morgan fingerprint density at radius 2 is 1.15 bits per heavy atom. The molecule has 0 spiro atoms. The number of ketones is 1. The maximum absolute atomic E-state index is 12.2. The van der Waals surface area contributed by atoms with Crippen LogP contribution in [0.4, 0.5) is 0 Å². The number of unbranched alkanes of at least 4 members (excludes halogenated alkanes) is 11. The maximum atomic E-state index is 12.2. The van der Waals surface area contributed by atoms with E-state index in [0.29, 0.717) is 11.9 Å². The van der Waals surface area contributed by atoms with Crippen molar-refractivity contribution in [2.45, 2.75) is 142 Å². The van der Waals surface area contributed by atoms with Crippen molar-refractivity contribution in [1.82, 2.24) is 0 Å². The molecule has 2 nitrogen and oxygen atoms in total. The first-order valence-corrected chi connectivity index (χ1v) is 11.9. The number of hydrogen-bond acceptors (Lipinski definition) is 2. The van der Waals surface area contributed by atoms with Gasteiger partial charge in [0.15, 0.2) is 0 Å². The quantitative estimate of drug-likeness (QED) is 0.192. The van der Waals surface area contributed by atoms with Gasteiger partial charge in [-0.3, -0.25) is 4.79 Å². The van der Waals surface area contributed by atoms with E-state index in [-0.39, 0.29) is 0 Å². The number of carbonyl (C=O) groups is 1. The Bertz CT molecular complexity index is 288. The first kappa shape index (κ1) is 25.6. The van der Waals surface area contributed by atoms with E-state index >= 15 is 0 Å². The average Bonchev–Trinajstić information content (AvgIpc) is 2.65. The Balaban J connectivity index is 3.88. The summed E-state index contributed by atoms with van der Waals surface area (Å²) in [6, 6.07) is 0. The van der Waals surface area contributed by atoms with E-state index in [1.165, 1.54) is 83.5 Å². The fraction of sp³-hybridized carbons (Fsp3) is 0.958. The maximum Gasteiger partial charge on any atom is 0.133 e. The molecule has 0 aromatic heterocycles. The molecule has 0 saturated heterocycles. The van der Waals surface area contributed by atoms with E-state index in [4.69, 9.17) is 4.74 Å². The fourth-order valence-corrected chi connectivity index (χ4v) is 3.44. The van der Waals surface area contributed by atoms with Gasteiger partial charge in [-0.25, -0.2) is 0 Å². The molecule has 0 N–H and O–H groups in total. The van der Waals surface area contributed by atoms with Crippen molar-refractivity contribution in [2.75, 3.05) is 6.61 Å². The Morgan fingerprint density at radius 3 is 1.81 bits per heavy atom. The van der Waals surface area contributed by atoms with Crippen LogP contribution in [0.2, 0.25) is 0 Å². The van der Waals surface area contributed by atoms with E-state index in [1.807, 2.05) is 0 Å². The Kier molecular flexibility index (Phi) is 20.6. The minimum Gasteiger partial charge on any atom is -0.378 e. The van der Waals surface area contributed by atoms with Gasteiger partial charge in [-0.15, -0.1) is 0 Å². The first-order valence-electron chi connectivity index (χ1n) is 11.9. The molecular formula is C24H48O2. The molecule has 0 fully saturated rings. The van der Waals surface area contributed by atoms with E-state index < -0.39 is 0 Å². The van der Waals surface area contributed by atoms with Crippen LogP contribution in [0.1, 0.15) is 136 Å². The third-order valence-corrected chi connectivity index (χ3v) is 5.29. The summed E-state index contributed by atoms with van der Waals surface area (Å²) >= 11 is 0. The Hall–Kier alpha value is -0.370. The monoisotopic (exact) mass is 368 g/mol. The molecule has 1 atom stereocenters. The Labute approximate surface area is 164 Å². The summed E-state index contributed by atoms with van der Waals surface area (Å²) in [6.07, 6.45) is 21.6. The van der Waals surface area contributed by atoms with Crippen LogP contribution in [0.5, 0.6) is 0 Å². The fourth-order valence-electron chi connectivity index (χ4n) is 3.44. The average molecular weight is 369 g/mol. The van der Waals surface area contributed by atoms with Crippen molar-refractivity contribution in [3.8, 4) is 0 Å². The highest BCUT2D eigenvalue weighted by Gasteiger charge is 2.12. The molecule has 0 aromatic carbocycles. The van der Waals surface area contributed by atoms with Gasteiger partial charge in [0.2, 0.25) is 0 Å². The summed E-state index contributed by atoms with van der Waals surface area (Å²) in [5.41, 5.74) is 0. The molecule has 0 aliphatic carbocycles. The molecule has 0 amide bonds. The second-order valence-electron chi connectivity index (χ2n) is 8.00. The predicted octanol–water partition coefficient (Wildman–Crippen LogP) is 8.02. The van der Waals surface area contributed by atoms with E-state index in [1.54, 1.807) is 0 Å². The van der Waals surface area contributed by atoms with Crippen molar-refractivity contribution in [3.63, 3.8) is 0 Å². The zero-order valence-corrected chi connectivity index (χ0v) is 18.3. The summed E-state index contributed by atoms with van der Waals surface area (Å²) in [5, 5.41) is 0. The molecule has 0 radical (unpaired) electrons. The van der Waals surface area contributed by atoms with Gasteiger partial charge in [-0.1, -0.05) is 97.8 Å². The van der Waals surface area contributed by atoms with Crippen LogP contribution in [0.15, 0.2) is 0 Å². The molecule has 26 heavy (non-hydrogen) atoms. The zero-order chi connectivity index (χ0) is 19.3. The number of rotatable bonds is 21. The van der Waals surface area contributed by atoms with Crippen LogP contribution in [-0.2, 0) is 9.53 Å². The molecule has 156 valence electrons. The van der Waals surface area contributed by atoms with Crippen LogP contribution in [0, 0.1) is 0 Å². The topological polar surface area (TPSA) is 26.3 Å². The molecule has 0 rings (SSSR count). The predicted molar refractivity (Wildman–Crippen MR) is 115 cm³/mol. The standard InChI is InChI=1S/C24H48O2/c1-4-7-10-13-14-15-18-23(25)20-21-24(19-16-11-8-5-2)26-22-17-12-9-6-3/h24H,4-22H2,1-3H3. The smallest absolute Gasteiger partial charge is 0.133 e. The Morgan fingerprint density at radius 1 is 0.615 bits per heavy atom. The van der Waals surface area contributed by atoms with Crippen molar-refractivity contribution >= 4 is 5.78 Å². The van der Waals surface area contributed by atoms with Crippen LogP contribution in [-0.4, -0.2) is 18.5 Å². The zero-order valence-electron chi connectivity index (χ0n) is 18.3. The molecule has 0 bridgehead atoms. The SMILES string of the molecule is CCCCCCCCC(=O)CCC(CCCCCC)OCCCCCC. The normalized spacial score (nSPS) is 12.4. The van der Waals surface area contributed by atoms with Gasteiger partial charge in [0.05, 0.1) is 6.10 Å². The lowest BCUT2D eigenvalue weighted by Gasteiger charge is -2.18. The minimum absolute atomic E-state index is 0.307. The number of hydrogen-bond donors (Lipinski definition) is 0. The largest absolute Gasteiger partial charge is 0.378 e. The van der Waals surface area contributed by atoms with Gasteiger partial charge in [-0.2, -0.15) is 0 Å². The molecule has 0 aromatic rings. The van der Waals surface area contributed by atoms with Gasteiger partial charge in [0, 0.05) is 19.4 Å². The lowest BCUT2D eigenvalue weighted by atomic mass is 10.0. The molecule has 0 saturated carbocycles. The van der Waals surface area contributed by atoms with Crippen LogP contribution in [0.25, 0.3) is 0 Å². The second-order valence-corrected chi connectivity index (χ2v) is 8.00. The summed E-state index contributed by atoms with van der Waals surface area (Å²) in [7, 11) is 0. The third-order valence-electron chi connectivity index (χ3n) is 5.29. The molecule has 0 heterocycles. The van der Waals surface area contributed by atoms with Gasteiger partial charge in [0.1, 0.15) is 5.78 Å². The van der Waals surface area contributed by atoms with Crippen LogP contribution < -0.4 is 0 Å². The molecule has 0 aliphatic rings. The molecule has 1 unspecified atom stereocenters. The van der Waals surface area contributed by atoms with Crippen molar-refractivity contribution in [2.24, 2.45) is 0 Å². The number of carbonyl (C=O) groups excluding carboxylic acids is 1. The summed E-state index contributed by atoms with van der Waals surface area (Å²) in [5.74, 6) is 0.452. The van der Waals surface area contributed by atoms with Crippen LogP contribution >= 0.6 is 0 Å². The first-order chi connectivity index (χ1) is 12.7. The highest BCUT2D eigenvalue weighted by Crippen LogP contribution is 2.16. The molecular weight excluding hydrogens is 320 g/mol. The second kappa shape index (κ2) is 20.9. The molecule has 0 aliphatic heterocycles. The van der Waals surface area contributed by atoms with Crippen molar-refractivity contribution in [1.29, 1.82) is 0 Å². The van der Waals surface area contributed by atoms with Crippen LogP contribution in [0.3, 0.4) is 0 Å². The minimum atomic E-state index is 0.307. The summed E-state index contributed by atoms with van der Waals surface area (Å²) < 4.78 is 6.14. The number of Topliss-reactive ketones (excluding diaryl/α,β-unsaturated/α-hetero) is 1. The lowest BCUT2D eigenvalue weighted by molar-refractivity contribution is -0.120. The summed E-state index contributed by atoms with van der Waals surface area (Å²) in [4.78, 5) is 12.2. The van der Waals surface area contributed by atoms with Crippen molar-refractivity contribution < 1.29 is 9.53 Å². The van der Waals surface area contributed by atoms with E-state index in [2.05, 4.69) is 20.8 Å². The summed E-state index contributed by atoms with van der Waals surface area (Å²) in [6.45, 7) is 7.62. The van der Waals surface area contributed by atoms with Gasteiger partial charge in [-0.05, 0) is 25.7 Å². The van der Waals surface area contributed by atoms with Crippen molar-refractivity contribution in [3.05, 3.63) is 0 Å². The van der Waals surface area contributed by atoms with E-state index in [0.717, 1.165) is 38.7 Å². The highest BCUT2D eigenvalue weighted by molar-refractivity contribution is 5.78. The number of ether oxygens (including phenoxy) is 1. The lowest BCUT2D eigenvalue weighted by Crippen LogP contribution is -2.16. The molecule has 2 heteroatoms. The van der Waals surface area contributed by atoms with E-state index in [9.17, 15) is 4.79 Å². The van der Waals surface area contributed by atoms with Gasteiger partial charge in [0.25, 0.3) is 0 Å². The highest BCUT2D eigenvalue weighted by atomic mass is 16.5. The van der Waals surface area contributed by atoms with Gasteiger partial charge >= 0.3 is 0 Å².